The van der Waals surface area contributed by atoms with E-state index in [2.05, 4.69) is 83.1 Å². The summed E-state index contributed by atoms with van der Waals surface area (Å²) >= 11 is 0. The van der Waals surface area contributed by atoms with E-state index in [1.807, 2.05) is 0 Å². The van der Waals surface area contributed by atoms with Gasteiger partial charge in [-0.3, -0.25) is 0 Å². The van der Waals surface area contributed by atoms with Gasteiger partial charge in [0.2, 0.25) is 0 Å². The summed E-state index contributed by atoms with van der Waals surface area (Å²) in [4.78, 5) is 0. The van der Waals surface area contributed by atoms with Gasteiger partial charge in [0.05, 0.1) is 22.2 Å². The molecular weight excluding hydrogens is 222 g/mol. The first kappa shape index (κ1) is 20.2. The van der Waals surface area contributed by atoms with E-state index in [1.54, 1.807) is 0 Å². The fraction of sp³-hybridized carbons (Fsp3) is 1.00. The first-order valence-corrected chi connectivity index (χ1v) is 6.89. The first-order chi connectivity index (χ1) is 7.00. The Morgan fingerprint density at radius 2 is 0.500 bits per heavy atom. The van der Waals surface area contributed by atoms with Crippen LogP contribution < -0.4 is 0 Å². The molecular formula is C16H37NO. The van der Waals surface area contributed by atoms with Gasteiger partial charge in [-0.15, -0.1) is 0 Å². The van der Waals surface area contributed by atoms with Crippen molar-refractivity contribution in [2.75, 3.05) is 0 Å². The van der Waals surface area contributed by atoms with E-state index < -0.39 is 0 Å². The number of hydrogen-bond donors (Lipinski definition) is 0. The third-order valence-corrected chi connectivity index (χ3v) is 4.02. The SMILES string of the molecule is CC(C)(C)[N+](C(C)(C)C)(C(C)(C)C)C(C)(C)C.[OH-]. The van der Waals surface area contributed by atoms with E-state index in [0.29, 0.717) is 0 Å². The van der Waals surface area contributed by atoms with Gasteiger partial charge in [0.1, 0.15) is 0 Å². The Hall–Kier alpha value is -0.0800. The van der Waals surface area contributed by atoms with Crippen molar-refractivity contribution in [3.63, 3.8) is 0 Å². The molecule has 0 aliphatic carbocycles. The Balaban J connectivity index is 0. The Morgan fingerprint density at radius 3 is 0.500 bits per heavy atom. The van der Waals surface area contributed by atoms with Crippen LogP contribution in [0.3, 0.4) is 0 Å². The minimum atomic E-state index is 0. The molecule has 18 heavy (non-hydrogen) atoms. The lowest BCUT2D eigenvalue weighted by Gasteiger charge is -2.70. The van der Waals surface area contributed by atoms with Crippen LogP contribution >= 0.6 is 0 Å². The van der Waals surface area contributed by atoms with Gasteiger partial charge < -0.3 is 9.96 Å². The summed E-state index contributed by atoms with van der Waals surface area (Å²) < 4.78 is 1.08. The van der Waals surface area contributed by atoms with Gasteiger partial charge in [-0.2, -0.15) is 0 Å². The summed E-state index contributed by atoms with van der Waals surface area (Å²) in [6.07, 6.45) is 0. The van der Waals surface area contributed by atoms with Gasteiger partial charge in [0.25, 0.3) is 0 Å². The maximum absolute atomic E-state index is 2.38. The monoisotopic (exact) mass is 259 g/mol. The number of rotatable bonds is 0. The Bertz CT molecular complexity index is 204. The van der Waals surface area contributed by atoms with Gasteiger partial charge in [-0.05, 0) is 83.1 Å². The molecule has 0 aromatic carbocycles. The second-order valence-corrected chi connectivity index (χ2v) is 9.35. The summed E-state index contributed by atoms with van der Waals surface area (Å²) in [7, 11) is 0. The number of hydrogen-bond acceptors (Lipinski definition) is 1. The summed E-state index contributed by atoms with van der Waals surface area (Å²) in [5.74, 6) is 0. The Kier molecular flexibility index (Phi) is 5.39. The summed E-state index contributed by atoms with van der Waals surface area (Å²) in [6, 6.07) is 0. The standard InChI is InChI=1S/C16H36N.H2O/c1-13(2,3)17(14(4,5)6,15(7,8)9)16(10,11)12;/h1-12H3;1H2/q+1;/p-1. The fourth-order valence-corrected chi connectivity index (χ4v) is 6.04. The first-order valence-electron chi connectivity index (χ1n) is 6.89. The van der Waals surface area contributed by atoms with Crippen molar-refractivity contribution >= 4 is 0 Å². The lowest BCUT2D eigenvalue weighted by molar-refractivity contribution is -1.08. The normalized spacial score (nSPS) is 15.3. The second kappa shape index (κ2) is 4.79. The highest BCUT2D eigenvalue weighted by molar-refractivity contribution is 4.88. The molecule has 0 rings (SSSR count). The van der Waals surface area contributed by atoms with Crippen molar-refractivity contribution in [3.05, 3.63) is 0 Å². The van der Waals surface area contributed by atoms with E-state index in [0.717, 1.165) is 4.48 Å². The molecule has 0 aromatic rings. The van der Waals surface area contributed by atoms with Crippen molar-refractivity contribution in [1.29, 1.82) is 0 Å². The zero-order valence-electron chi connectivity index (χ0n) is 14.9. The maximum Gasteiger partial charge on any atom is 0.0918 e. The van der Waals surface area contributed by atoms with Crippen molar-refractivity contribution in [1.82, 2.24) is 0 Å². The average molecular weight is 259 g/mol. The summed E-state index contributed by atoms with van der Waals surface area (Å²) in [5.41, 5.74) is 0.812. The largest absolute Gasteiger partial charge is 0.870 e. The molecule has 0 saturated heterocycles. The molecule has 0 fully saturated rings. The second-order valence-electron chi connectivity index (χ2n) is 9.35. The molecule has 0 amide bonds. The molecule has 0 bridgehead atoms. The van der Waals surface area contributed by atoms with Crippen LogP contribution in [0.1, 0.15) is 83.1 Å². The molecule has 0 aliphatic rings. The number of quaternary nitrogens is 1. The topological polar surface area (TPSA) is 30.0 Å². The lowest BCUT2D eigenvalue weighted by Crippen LogP contribution is -2.82. The molecule has 0 aromatic heterocycles. The van der Waals surface area contributed by atoms with Crippen molar-refractivity contribution < 1.29 is 9.96 Å². The molecule has 0 atom stereocenters. The molecule has 0 spiro atoms. The van der Waals surface area contributed by atoms with Crippen molar-refractivity contribution in [2.24, 2.45) is 0 Å². The average Bonchev–Trinajstić information content (AvgIpc) is 1.67. The van der Waals surface area contributed by atoms with E-state index in [-0.39, 0.29) is 27.6 Å². The van der Waals surface area contributed by atoms with Crippen LogP contribution in [0.4, 0.5) is 0 Å². The summed E-state index contributed by atoms with van der Waals surface area (Å²) in [6.45, 7) is 28.6. The highest BCUT2D eigenvalue weighted by atomic mass is 16.0. The molecule has 0 heterocycles. The maximum atomic E-state index is 2.38. The van der Waals surface area contributed by atoms with E-state index in [4.69, 9.17) is 0 Å². The Morgan fingerprint density at radius 1 is 0.389 bits per heavy atom. The van der Waals surface area contributed by atoms with Crippen molar-refractivity contribution in [2.45, 2.75) is 105 Å². The Labute approximate surface area is 116 Å². The summed E-state index contributed by atoms with van der Waals surface area (Å²) in [5, 5.41) is 0. The molecule has 0 saturated carbocycles. The highest BCUT2D eigenvalue weighted by Gasteiger charge is 2.62. The molecule has 0 radical (unpaired) electrons. The third-order valence-electron chi connectivity index (χ3n) is 4.02. The van der Waals surface area contributed by atoms with Gasteiger partial charge in [0.15, 0.2) is 0 Å². The zero-order valence-corrected chi connectivity index (χ0v) is 14.9. The third kappa shape index (κ3) is 2.75. The van der Waals surface area contributed by atoms with Gasteiger partial charge in [-0.1, -0.05) is 0 Å². The molecule has 2 nitrogen and oxygen atoms in total. The fourth-order valence-electron chi connectivity index (χ4n) is 6.04. The highest BCUT2D eigenvalue weighted by Crippen LogP contribution is 2.50. The van der Waals surface area contributed by atoms with E-state index in [9.17, 15) is 0 Å². The van der Waals surface area contributed by atoms with Gasteiger partial charge in [-0.25, -0.2) is 0 Å². The van der Waals surface area contributed by atoms with E-state index in [1.165, 1.54) is 0 Å². The molecule has 1 N–H and O–H groups in total. The van der Waals surface area contributed by atoms with Gasteiger partial charge >= 0.3 is 0 Å². The van der Waals surface area contributed by atoms with Crippen molar-refractivity contribution in [3.8, 4) is 0 Å². The lowest BCUT2D eigenvalue weighted by atomic mass is 9.75. The van der Waals surface area contributed by atoms with Crippen LogP contribution in [0, 0.1) is 0 Å². The number of nitrogens with zero attached hydrogens (tertiary/aromatic N) is 1. The molecule has 0 unspecified atom stereocenters. The molecule has 2 heteroatoms. The predicted octanol–water partition coefficient (Wildman–Crippen LogP) is 4.82. The smallest absolute Gasteiger partial charge is 0.0918 e. The van der Waals surface area contributed by atoms with Crippen LogP contribution in [-0.4, -0.2) is 32.1 Å². The van der Waals surface area contributed by atoms with Crippen LogP contribution in [0.15, 0.2) is 0 Å². The zero-order chi connectivity index (χ0) is 14.5. The van der Waals surface area contributed by atoms with Crippen LogP contribution in [0.5, 0.6) is 0 Å². The van der Waals surface area contributed by atoms with E-state index >= 15 is 0 Å². The predicted molar refractivity (Wildman–Crippen MR) is 81.2 cm³/mol. The molecule has 112 valence electrons. The van der Waals surface area contributed by atoms with Gasteiger partial charge in [0, 0.05) is 0 Å². The minimum Gasteiger partial charge on any atom is -0.870 e. The van der Waals surface area contributed by atoms with Crippen LogP contribution in [0.2, 0.25) is 0 Å². The quantitative estimate of drug-likeness (QED) is 0.574. The molecule has 0 aliphatic heterocycles. The van der Waals surface area contributed by atoms with Crippen LogP contribution in [0.25, 0.3) is 0 Å². The van der Waals surface area contributed by atoms with Crippen LogP contribution in [-0.2, 0) is 0 Å². The minimum absolute atomic E-state index is 0.